The minimum absolute atomic E-state index is 0.0333. The molecule has 1 rings (SSSR count). The van der Waals surface area contributed by atoms with Gasteiger partial charge >= 0.3 is 0 Å². The molecular weight excluding hydrogens is 308 g/mol. The number of aryl methyl sites for hydroxylation is 2. The molecule has 1 aromatic heterocycles. The first-order valence-electron chi connectivity index (χ1n) is 8.53. The average molecular weight is 338 g/mol. The number of nitrogens with one attached hydrogen (secondary N) is 1. The maximum absolute atomic E-state index is 12.8. The van der Waals surface area contributed by atoms with Gasteiger partial charge < -0.3 is 19.4 Å². The number of carbonyl (C=O) groups excluding carboxylic acids is 2. The molecule has 0 aliphatic carbocycles. The van der Waals surface area contributed by atoms with Crippen molar-refractivity contribution in [1.29, 1.82) is 0 Å². The Balaban J connectivity index is 2.71. The molecular formula is C18H30N2O4. The number of hydrogen-bond donors (Lipinski definition) is 1. The minimum atomic E-state index is -0.100. The van der Waals surface area contributed by atoms with E-state index in [4.69, 9.17) is 9.15 Å². The van der Waals surface area contributed by atoms with E-state index in [-0.39, 0.29) is 17.9 Å². The van der Waals surface area contributed by atoms with Crippen LogP contribution in [0.15, 0.2) is 10.5 Å². The molecule has 24 heavy (non-hydrogen) atoms. The van der Waals surface area contributed by atoms with E-state index in [0.717, 1.165) is 12.8 Å². The molecule has 1 unspecified atom stereocenters. The predicted octanol–water partition coefficient (Wildman–Crippen LogP) is 2.68. The molecule has 0 aliphatic heterocycles. The highest BCUT2D eigenvalue weighted by atomic mass is 16.5. The first kappa shape index (κ1) is 20.2. The van der Waals surface area contributed by atoms with Gasteiger partial charge in [-0.05, 0) is 39.7 Å². The molecule has 0 bridgehead atoms. The lowest BCUT2D eigenvalue weighted by Gasteiger charge is -2.22. The number of nitrogens with zero attached hydrogens (tertiary/aromatic N) is 1. The third-order valence-electron chi connectivity index (χ3n) is 3.96. The fourth-order valence-corrected chi connectivity index (χ4v) is 2.41. The summed E-state index contributed by atoms with van der Waals surface area (Å²) in [6.45, 7) is 9.10. The Hall–Kier alpha value is -1.82. The Bertz CT molecular complexity index is 539. The van der Waals surface area contributed by atoms with E-state index in [9.17, 15) is 9.59 Å². The third kappa shape index (κ3) is 6.35. The summed E-state index contributed by atoms with van der Waals surface area (Å²) in [5.74, 6) is 1.19. The third-order valence-corrected chi connectivity index (χ3v) is 3.96. The van der Waals surface area contributed by atoms with Gasteiger partial charge in [0.1, 0.15) is 11.5 Å². The second kappa shape index (κ2) is 10.1. The van der Waals surface area contributed by atoms with E-state index >= 15 is 0 Å². The van der Waals surface area contributed by atoms with E-state index in [2.05, 4.69) is 5.32 Å². The van der Waals surface area contributed by atoms with Crippen LogP contribution in [0.1, 0.15) is 55.0 Å². The summed E-state index contributed by atoms with van der Waals surface area (Å²) in [7, 11) is 1.63. The Morgan fingerprint density at radius 1 is 1.33 bits per heavy atom. The van der Waals surface area contributed by atoms with E-state index in [1.807, 2.05) is 20.8 Å². The highest BCUT2D eigenvalue weighted by Gasteiger charge is 2.21. The van der Waals surface area contributed by atoms with Crippen LogP contribution >= 0.6 is 0 Å². The number of amides is 2. The van der Waals surface area contributed by atoms with Crippen molar-refractivity contribution in [2.24, 2.45) is 0 Å². The number of methoxy groups -OCH3 is 1. The standard InChI is InChI=1S/C18H30N2O4/c1-6-13(2)19-17(21)8-10-20(9-7-11-23-5)18(22)16-12-14(3)24-15(16)4/h12-13H,6-11H2,1-5H3,(H,19,21). The van der Waals surface area contributed by atoms with Gasteiger partial charge in [-0.3, -0.25) is 9.59 Å². The molecule has 136 valence electrons. The zero-order chi connectivity index (χ0) is 18.1. The van der Waals surface area contributed by atoms with Gasteiger partial charge in [-0.15, -0.1) is 0 Å². The van der Waals surface area contributed by atoms with E-state index in [1.54, 1.807) is 25.0 Å². The molecule has 1 heterocycles. The molecule has 2 amide bonds. The summed E-state index contributed by atoms with van der Waals surface area (Å²) in [5, 5.41) is 2.93. The molecule has 1 N–H and O–H groups in total. The van der Waals surface area contributed by atoms with Crippen LogP contribution in [-0.4, -0.2) is 49.6 Å². The maximum atomic E-state index is 12.8. The number of hydrogen-bond acceptors (Lipinski definition) is 4. The molecule has 0 fully saturated rings. The van der Waals surface area contributed by atoms with Crippen LogP contribution in [-0.2, 0) is 9.53 Å². The van der Waals surface area contributed by atoms with Crippen LogP contribution in [0.3, 0.4) is 0 Å². The van der Waals surface area contributed by atoms with Gasteiger partial charge in [0.05, 0.1) is 5.56 Å². The zero-order valence-electron chi connectivity index (χ0n) is 15.5. The molecule has 0 radical (unpaired) electrons. The summed E-state index contributed by atoms with van der Waals surface area (Å²) in [4.78, 5) is 26.4. The molecule has 0 aliphatic rings. The van der Waals surface area contributed by atoms with Gasteiger partial charge in [0.15, 0.2) is 0 Å². The van der Waals surface area contributed by atoms with Crippen LogP contribution < -0.4 is 5.32 Å². The fraction of sp³-hybridized carbons (Fsp3) is 0.667. The average Bonchev–Trinajstić information content (AvgIpc) is 2.88. The second-order valence-corrected chi connectivity index (χ2v) is 6.09. The zero-order valence-corrected chi connectivity index (χ0v) is 15.5. The predicted molar refractivity (Wildman–Crippen MR) is 93.1 cm³/mol. The second-order valence-electron chi connectivity index (χ2n) is 6.09. The van der Waals surface area contributed by atoms with Crippen molar-refractivity contribution in [2.75, 3.05) is 26.8 Å². The molecule has 6 nitrogen and oxygen atoms in total. The summed E-state index contributed by atoms with van der Waals surface area (Å²) in [6.07, 6.45) is 1.90. The smallest absolute Gasteiger partial charge is 0.257 e. The van der Waals surface area contributed by atoms with Crippen LogP contribution in [0.25, 0.3) is 0 Å². The van der Waals surface area contributed by atoms with Crippen molar-refractivity contribution in [3.05, 3.63) is 23.2 Å². The molecule has 1 atom stereocenters. The number of carbonyl (C=O) groups is 2. The Kier molecular flexibility index (Phi) is 8.54. The van der Waals surface area contributed by atoms with E-state index in [0.29, 0.717) is 43.2 Å². The van der Waals surface area contributed by atoms with Gasteiger partial charge in [0.25, 0.3) is 5.91 Å². The van der Waals surface area contributed by atoms with Gasteiger partial charge in [-0.25, -0.2) is 0 Å². The van der Waals surface area contributed by atoms with Crippen molar-refractivity contribution in [3.8, 4) is 0 Å². The minimum Gasteiger partial charge on any atom is -0.466 e. The first-order chi connectivity index (χ1) is 11.4. The maximum Gasteiger partial charge on any atom is 0.257 e. The van der Waals surface area contributed by atoms with Crippen molar-refractivity contribution in [1.82, 2.24) is 10.2 Å². The lowest BCUT2D eigenvalue weighted by molar-refractivity contribution is -0.121. The van der Waals surface area contributed by atoms with Crippen molar-refractivity contribution in [2.45, 2.75) is 53.0 Å². The summed E-state index contributed by atoms with van der Waals surface area (Å²) in [6, 6.07) is 1.90. The summed E-state index contributed by atoms with van der Waals surface area (Å²) in [5.41, 5.74) is 0.562. The first-order valence-corrected chi connectivity index (χ1v) is 8.53. The molecule has 6 heteroatoms. The van der Waals surface area contributed by atoms with Crippen LogP contribution in [0, 0.1) is 13.8 Å². The Morgan fingerprint density at radius 3 is 2.58 bits per heavy atom. The fourth-order valence-electron chi connectivity index (χ4n) is 2.41. The topological polar surface area (TPSA) is 71.8 Å². The monoisotopic (exact) mass is 338 g/mol. The van der Waals surface area contributed by atoms with E-state index < -0.39 is 0 Å². The number of ether oxygens (including phenoxy) is 1. The van der Waals surface area contributed by atoms with Crippen molar-refractivity contribution in [3.63, 3.8) is 0 Å². The van der Waals surface area contributed by atoms with Crippen molar-refractivity contribution >= 4 is 11.8 Å². The van der Waals surface area contributed by atoms with Gasteiger partial charge in [-0.1, -0.05) is 6.92 Å². The largest absolute Gasteiger partial charge is 0.466 e. The Morgan fingerprint density at radius 2 is 2.04 bits per heavy atom. The quantitative estimate of drug-likeness (QED) is 0.666. The van der Waals surface area contributed by atoms with Gasteiger partial charge in [-0.2, -0.15) is 0 Å². The van der Waals surface area contributed by atoms with E-state index in [1.165, 1.54) is 0 Å². The van der Waals surface area contributed by atoms with Crippen LogP contribution in [0.4, 0.5) is 0 Å². The summed E-state index contributed by atoms with van der Waals surface area (Å²) < 4.78 is 10.5. The molecule has 0 spiro atoms. The van der Waals surface area contributed by atoms with Crippen LogP contribution in [0.5, 0.6) is 0 Å². The molecule has 0 aromatic carbocycles. The molecule has 0 saturated heterocycles. The molecule has 0 saturated carbocycles. The highest BCUT2D eigenvalue weighted by Crippen LogP contribution is 2.16. The Labute approximate surface area is 144 Å². The van der Waals surface area contributed by atoms with Crippen LogP contribution in [0.2, 0.25) is 0 Å². The van der Waals surface area contributed by atoms with Crippen molar-refractivity contribution < 1.29 is 18.7 Å². The van der Waals surface area contributed by atoms with Gasteiger partial charge in [0.2, 0.25) is 5.91 Å². The SMILES string of the molecule is CCC(C)NC(=O)CCN(CCCOC)C(=O)c1cc(C)oc1C. The van der Waals surface area contributed by atoms with Gasteiger partial charge in [0, 0.05) is 39.3 Å². The number of furan rings is 1. The number of rotatable bonds is 10. The highest BCUT2D eigenvalue weighted by molar-refractivity contribution is 5.95. The lowest BCUT2D eigenvalue weighted by Crippen LogP contribution is -2.38. The summed E-state index contributed by atoms with van der Waals surface area (Å²) >= 11 is 0. The lowest BCUT2D eigenvalue weighted by atomic mass is 10.2. The molecule has 1 aromatic rings. The normalized spacial score (nSPS) is 12.0.